The van der Waals surface area contributed by atoms with Crippen LogP contribution in [-0.4, -0.2) is 12.1 Å². The maximum Gasteiger partial charge on any atom is 0.281 e. The highest BCUT2D eigenvalue weighted by atomic mass is 32.1. The van der Waals surface area contributed by atoms with Gasteiger partial charge in [-0.25, -0.2) is 5.43 Å². The highest BCUT2D eigenvalue weighted by Gasteiger charge is 2.20. The smallest absolute Gasteiger partial charge is 0.281 e. The molecule has 4 rings (SSSR count). The zero-order chi connectivity index (χ0) is 20.1. The number of benzene rings is 2. The first-order chi connectivity index (χ1) is 14.2. The molecular weight excluding hydrogens is 380 g/mol. The highest BCUT2D eigenvalue weighted by Crippen LogP contribution is 2.32. The van der Waals surface area contributed by atoms with Crippen LogP contribution in [-0.2, 0) is 19.4 Å². The lowest BCUT2D eigenvalue weighted by atomic mass is 9.90. The number of hydrazone groups is 1. The van der Waals surface area contributed by atoms with Crippen molar-refractivity contribution in [3.63, 3.8) is 0 Å². The summed E-state index contributed by atoms with van der Waals surface area (Å²) in [6, 6.07) is 19.7. The van der Waals surface area contributed by atoms with E-state index < -0.39 is 0 Å². The SMILES string of the molecule is CC1CCc2sc(C(=O)NN=Cc3ccccc3OCc3ccccc3)cc2C1. The fourth-order valence-electron chi connectivity index (χ4n) is 3.49. The zero-order valence-corrected chi connectivity index (χ0v) is 17.2. The minimum Gasteiger partial charge on any atom is -0.488 e. The van der Waals surface area contributed by atoms with Crippen molar-refractivity contribution < 1.29 is 9.53 Å². The first kappa shape index (κ1) is 19.4. The summed E-state index contributed by atoms with van der Waals surface area (Å²) in [7, 11) is 0. The first-order valence-electron chi connectivity index (χ1n) is 9.90. The lowest BCUT2D eigenvalue weighted by Crippen LogP contribution is -2.16. The molecule has 5 heteroatoms. The standard InChI is InChI=1S/C24H24N2O2S/c1-17-11-12-22-20(13-17)14-23(29-22)24(27)26-25-15-19-9-5-6-10-21(19)28-16-18-7-3-2-4-8-18/h2-10,14-15,17H,11-13,16H2,1H3,(H,26,27). The summed E-state index contributed by atoms with van der Waals surface area (Å²) in [6.45, 7) is 2.75. The molecule has 1 heterocycles. The van der Waals surface area contributed by atoms with Gasteiger partial charge in [-0.1, -0.05) is 49.4 Å². The van der Waals surface area contributed by atoms with Gasteiger partial charge in [-0.2, -0.15) is 5.10 Å². The molecule has 0 spiro atoms. The van der Waals surface area contributed by atoms with E-state index in [0.29, 0.717) is 12.5 Å². The lowest BCUT2D eigenvalue weighted by molar-refractivity contribution is 0.0959. The van der Waals surface area contributed by atoms with Crippen molar-refractivity contribution in [2.24, 2.45) is 11.0 Å². The van der Waals surface area contributed by atoms with Gasteiger partial charge in [-0.05, 0) is 54.5 Å². The molecule has 0 saturated carbocycles. The van der Waals surface area contributed by atoms with Gasteiger partial charge < -0.3 is 4.74 Å². The number of amides is 1. The van der Waals surface area contributed by atoms with Crippen LogP contribution in [0, 0.1) is 5.92 Å². The average molecular weight is 405 g/mol. The van der Waals surface area contributed by atoms with Crippen molar-refractivity contribution in [1.82, 2.24) is 5.43 Å². The van der Waals surface area contributed by atoms with Crippen molar-refractivity contribution in [1.29, 1.82) is 0 Å². The molecule has 3 aromatic rings. The van der Waals surface area contributed by atoms with E-state index in [1.54, 1.807) is 17.6 Å². The Morgan fingerprint density at radius 2 is 2.00 bits per heavy atom. The second kappa shape index (κ2) is 9.05. The fourth-order valence-corrected chi connectivity index (χ4v) is 4.59. The second-order valence-corrected chi connectivity index (χ2v) is 8.56. The molecule has 1 N–H and O–H groups in total. The Labute approximate surface area is 175 Å². The number of hydrogen-bond acceptors (Lipinski definition) is 4. The van der Waals surface area contributed by atoms with Crippen LogP contribution in [0.3, 0.4) is 0 Å². The van der Waals surface area contributed by atoms with Crippen LogP contribution >= 0.6 is 11.3 Å². The molecule has 29 heavy (non-hydrogen) atoms. The molecule has 2 aromatic carbocycles. The van der Waals surface area contributed by atoms with Gasteiger partial charge in [0.05, 0.1) is 11.1 Å². The molecule has 0 radical (unpaired) electrons. The summed E-state index contributed by atoms with van der Waals surface area (Å²) >= 11 is 1.59. The fraction of sp³-hybridized carbons (Fsp3) is 0.250. The third-order valence-electron chi connectivity index (χ3n) is 5.08. The predicted molar refractivity (Wildman–Crippen MR) is 118 cm³/mol. The van der Waals surface area contributed by atoms with Crippen molar-refractivity contribution in [3.05, 3.63) is 87.1 Å². The minimum absolute atomic E-state index is 0.156. The van der Waals surface area contributed by atoms with Crippen LogP contribution in [0.25, 0.3) is 0 Å². The van der Waals surface area contributed by atoms with Crippen LogP contribution < -0.4 is 10.2 Å². The Morgan fingerprint density at radius 1 is 1.21 bits per heavy atom. The molecule has 0 fully saturated rings. The Balaban J connectivity index is 1.39. The van der Waals surface area contributed by atoms with Gasteiger partial charge in [0.15, 0.2) is 0 Å². The summed E-state index contributed by atoms with van der Waals surface area (Å²) in [5.41, 5.74) is 5.90. The van der Waals surface area contributed by atoms with E-state index in [-0.39, 0.29) is 5.91 Å². The van der Waals surface area contributed by atoms with Gasteiger partial charge in [0, 0.05) is 10.4 Å². The summed E-state index contributed by atoms with van der Waals surface area (Å²) in [5, 5.41) is 4.16. The number of fused-ring (bicyclic) bond motifs is 1. The highest BCUT2D eigenvalue weighted by molar-refractivity contribution is 7.14. The Bertz CT molecular complexity index is 1010. The van der Waals surface area contributed by atoms with Gasteiger partial charge in [-0.3, -0.25) is 4.79 Å². The molecule has 1 atom stereocenters. The third kappa shape index (κ3) is 4.93. The number of carbonyl (C=O) groups excluding carboxylic acids is 1. The normalized spacial score (nSPS) is 15.8. The Morgan fingerprint density at radius 3 is 2.86 bits per heavy atom. The Kier molecular flexibility index (Phi) is 6.06. The number of ether oxygens (including phenoxy) is 1. The number of nitrogens with zero attached hydrogens (tertiary/aromatic N) is 1. The maximum absolute atomic E-state index is 12.5. The number of aryl methyl sites for hydroxylation is 1. The number of carbonyl (C=O) groups is 1. The topological polar surface area (TPSA) is 50.7 Å². The number of rotatable bonds is 6. The second-order valence-electron chi connectivity index (χ2n) is 7.42. The van der Waals surface area contributed by atoms with E-state index in [1.807, 2.05) is 60.7 Å². The number of hydrogen-bond donors (Lipinski definition) is 1. The van der Waals surface area contributed by atoms with Crippen molar-refractivity contribution in [3.8, 4) is 5.75 Å². The van der Waals surface area contributed by atoms with E-state index in [9.17, 15) is 4.79 Å². The van der Waals surface area contributed by atoms with Crippen LogP contribution in [0.2, 0.25) is 0 Å². The molecule has 1 amide bonds. The summed E-state index contributed by atoms with van der Waals surface area (Å²) in [6.07, 6.45) is 4.97. The minimum atomic E-state index is -0.156. The molecular formula is C24H24N2O2S. The third-order valence-corrected chi connectivity index (χ3v) is 6.31. The predicted octanol–water partition coefficient (Wildman–Crippen LogP) is 5.22. The van der Waals surface area contributed by atoms with Gasteiger partial charge in [-0.15, -0.1) is 11.3 Å². The Hall–Kier alpha value is -2.92. The molecule has 148 valence electrons. The van der Waals surface area contributed by atoms with Crippen LogP contribution in [0.4, 0.5) is 0 Å². The summed E-state index contributed by atoms with van der Waals surface area (Å²) in [5.74, 6) is 1.27. The summed E-state index contributed by atoms with van der Waals surface area (Å²) in [4.78, 5) is 14.6. The van der Waals surface area contributed by atoms with Gasteiger partial charge in [0.25, 0.3) is 5.91 Å². The van der Waals surface area contributed by atoms with Gasteiger partial charge >= 0.3 is 0 Å². The van der Waals surface area contributed by atoms with E-state index >= 15 is 0 Å². The quantitative estimate of drug-likeness (QED) is 0.453. The first-order valence-corrected chi connectivity index (χ1v) is 10.7. The molecule has 0 aliphatic heterocycles. The van der Waals surface area contributed by atoms with Crippen LogP contribution in [0.1, 0.15) is 44.6 Å². The lowest BCUT2D eigenvalue weighted by Gasteiger charge is -2.16. The molecule has 1 aromatic heterocycles. The van der Waals surface area contributed by atoms with E-state index in [0.717, 1.165) is 34.6 Å². The van der Waals surface area contributed by atoms with Crippen molar-refractivity contribution in [2.45, 2.75) is 32.8 Å². The monoisotopic (exact) mass is 404 g/mol. The van der Waals surface area contributed by atoms with Gasteiger partial charge in [0.1, 0.15) is 12.4 Å². The van der Waals surface area contributed by atoms with Crippen molar-refractivity contribution >= 4 is 23.5 Å². The number of thiophene rings is 1. The van der Waals surface area contributed by atoms with E-state index in [4.69, 9.17) is 4.74 Å². The largest absolute Gasteiger partial charge is 0.488 e. The van der Waals surface area contributed by atoms with E-state index in [2.05, 4.69) is 17.5 Å². The molecule has 4 nitrogen and oxygen atoms in total. The summed E-state index contributed by atoms with van der Waals surface area (Å²) < 4.78 is 5.93. The molecule has 1 unspecified atom stereocenters. The zero-order valence-electron chi connectivity index (χ0n) is 16.4. The number of nitrogens with one attached hydrogen (secondary N) is 1. The molecule has 1 aliphatic rings. The molecule has 1 aliphatic carbocycles. The maximum atomic E-state index is 12.5. The molecule has 0 saturated heterocycles. The number of para-hydroxylation sites is 1. The van der Waals surface area contributed by atoms with Crippen LogP contribution in [0.15, 0.2) is 65.8 Å². The van der Waals surface area contributed by atoms with Gasteiger partial charge in [0.2, 0.25) is 0 Å². The average Bonchev–Trinajstić information content (AvgIpc) is 3.17. The van der Waals surface area contributed by atoms with Crippen molar-refractivity contribution in [2.75, 3.05) is 0 Å². The van der Waals surface area contributed by atoms with E-state index in [1.165, 1.54) is 16.9 Å². The molecule has 0 bridgehead atoms. The van der Waals surface area contributed by atoms with Crippen LogP contribution in [0.5, 0.6) is 5.75 Å².